The van der Waals surface area contributed by atoms with Gasteiger partial charge in [-0.05, 0) is 11.1 Å². The van der Waals surface area contributed by atoms with Gasteiger partial charge in [-0.3, -0.25) is 0 Å². The molecule has 0 aliphatic carbocycles. The Morgan fingerprint density at radius 2 is 0.923 bits per heavy atom. The van der Waals surface area contributed by atoms with Gasteiger partial charge in [0.15, 0.2) is 0 Å². The SMILES string of the molecule is C[N+](C)(Cc1ccccc1)C(Cc1ccccc1)Cc1ccccc1.[Cl-]. The average molecular weight is 366 g/mol. The summed E-state index contributed by atoms with van der Waals surface area (Å²) in [6.45, 7) is 1.05. The highest BCUT2D eigenvalue weighted by Crippen LogP contribution is 2.21. The second-order valence-corrected chi connectivity index (χ2v) is 7.46. The fourth-order valence-corrected chi connectivity index (χ4v) is 3.52. The zero-order chi connectivity index (χ0) is 17.5. The van der Waals surface area contributed by atoms with E-state index in [2.05, 4.69) is 105 Å². The van der Waals surface area contributed by atoms with Crippen LogP contribution in [0.1, 0.15) is 16.7 Å². The van der Waals surface area contributed by atoms with Crippen molar-refractivity contribution in [1.29, 1.82) is 0 Å². The van der Waals surface area contributed by atoms with Gasteiger partial charge in [0.2, 0.25) is 0 Å². The van der Waals surface area contributed by atoms with Gasteiger partial charge in [-0.2, -0.15) is 0 Å². The van der Waals surface area contributed by atoms with Crippen LogP contribution in [0.4, 0.5) is 0 Å². The Labute approximate surface area is 164 Å². The van der Waals surface area contributed by atoms with Gasteiger partial charge in [0, 0.05) is 18.4 Å². The maximum atomic E-state index is 2.36. The molecule has 0 heterocycles. The maximum Gasteiger partial charge on any atom is 0.104 e. The number of hydrogen-bond acceptors (Lipinski definition) is 0. The van der Waals surface area contributed by atoms with Crippen LogP contribution in [0.15, 0.2) is 91.0 Å². The van der Waals surface area contributed by atoms with Crippen LogP contribution in [0.3, 0.4) is 0 Å². The van der Waals surface area contributed by atoms with Crippen molar-refractivity contribution in [1.82, 2.24) is 0 Å². The number of rotatable bonds is 7. The van der Waals surface area contributed by atoms with Crippen LogP contribution >= 0.6 is 0 Å². The molecule has 0 bridgehead atoms. The van der Waals surface area contributed by atoms with Gasteiger partial charge < -0.3 is 16.9 Å². The second-order valence-electron chi connectivity index (χ2n) is 7.46. The number of benzene rings is 3. The van der Waals surface area contributed by atoms with Crippen molar-refractivity contribution in [3.05, 3.63) is 108 Å². The van der Waals surface area contributed by atoms with Crippen LogP contribution in [-0.4, -0.2) is 24.6 Å². The van der Waals surface area contributed by atoms with Crippen molar-refractivity contribution in [2.45, 2.75) is 25.4 Å². The van der Waals surface area contributed by atoms with Crippen LogP contribution in [0.25, 0.3) is 0 Å². The molecule has 3 aromatic carbocycles. The molecule has 0 amide bonds. The quantitative estimate of drug-likeness (QED) is 0.563. The molecule has 0 saturated carbocycles. The molecule has 0 saturated heterocycles. The Hall–Kier alpha value is -2.09. The molecule has 3 aromatic rings. The highest BCUT2D eigenvalue weighted by atomic mass is 35.5. The molecule has 0 aliphatic rings. The Morgan fingerprint density at radius 1 is 0.577 bits per heavy atom. The predicted molar refractivity (Wildman–Crippen MR) is 106 cm³/mol. The largest absolute Gasteiger partial charge is 1.00 e. The number of hydrogen-bond donors (Lipinski definition) is 0. The first-order valence-corrected chi connectivity index (χ1v) is 9.08. The molecular weight excluding hydrogens is 338 g/mol. The third-order valence-corrected chi connectivity index (χ3v) is 5.05. The van der Waals surface area contributed by atoms with Gasteiger partial charge in [0.1, 0.15) is 6.54 Å². The third kappa shape index (κ3) is 5.72. The van der Waals surface area contributed by atoms with E-state index < -0.39 is 0 Å². The minimum Gasteiger partial charge on any atom is -1.00 e. The lowest BCUT2D eigenvalue weighted by Gasteiger charge is -2.39. The predicted octanol–water partition coefficient (Wildman–Crippen LogP) is 2.12. The van der Waals surface area contributed by atoms with E-state index in [0.717, 1.165) is 23.9 Å². The van der Waals surface area contributed by atoms with E-state index >= 15 is 0 Å². The van der Waals surface area contributed by atoms with Crippen molar-refractivity contribution in [2.75, 3.05) is 14.1 Å². The summed E-state index contributed by atoms with van der Waals surface area (Å²) in [5.41, 5.74) is 4.24. The van der Waals surface area contributed by atoms with E-state index in [9.17, 15) is 0 Å². The van der Waals surface area contributed by atoms with Gasteiger partial charge in [0.05, 0.1) is 20.1 Å². The average Bonchev–Trinajstić information content (AvgIpc) is 2.63. The van der Waals surface area contributed by atoms with E-state index in [-0.39, 0.29) is 12.4 Å². The van der Waals surface area contributed by atoms with Gasteiger partial charge in [-0.1, -0.05) is 91.0 Å². The first-order valence-electron chi connectivity index (χ1n) is 9.08. The molecule has 2 heteroatoms. The van der Waals surface area contributed by atoms with E-state index in [1.807, 2.05) is 0 Å². The molecule has 1 nitrogen and oxygen atoms in total. The highest BCUT2D eigenvalue weighted by molar-refractivity contribution is 5.19. The van der Waals surface area contributed by atoms with Gasteiger partial charge in [0.25, 0.3) is 0 Å². The van der Waals surface area contributed by atoms with Gasteiger partial charge in [-0.15, -0.1) is 0 Å². The van der Waals surface area contributed by atoms with E-state index in [4.69, 9.17) is 0 Å². The van der Waals surface area contributed by atoms with Crippen LogP contribution in [0, 0.1) is 0 Å². The number of halogens is 1. The number of nitrogens with zero attached hydrogens (tertiary/aromatic N) is 1. The van der Waals surface area contributed by atoms with Crippen molar-refractivity contribution in [3.8, 4) is 0 Å². The van der Waals surface area contributed by atoms with Crippen LogP contribution in [0.2, 0.25) is 0 Å². The van der Waals surface area contributed by atoms with E-state index in [1.165, 1.54) is 16.7 Å². The monoisotopic (exact) mass is 365 g/mol. The van der Waals surface area contributed by atoms with Crippen molar-refractivity contribution < 1.29 is 16.9 Å². The molecule has 0 aromatic heterocycles. The zero-order valence-corrected chi connectivity index (χ0v) is 16.4. The molecule has 3 rings (SSSR count). The fraction of sp³-hybridized carbons (Fsp3) is 0.250. The van der Waals surface area contributed by atoms with Crippen molar-refractivity contribution in [3.63, 3.8) is 0 Å². The Kier molecular flexibility index (Phi) is 7.44. The normalized spacial score (nSPS) is 11.2. The van der Waals surface area contributed by atoms with E-state index in [0.29, 0.717) is 6.04 Å². The summed E-state index contributed by atoms with van der Waals surface area (Å²) >= 11 is 0. The van der Waals surface area contributed by atoms with Gasteiger partial charge >= 0.3 is 0 Å². The maximum absolute atomic E-state index is 2.36. The smallest absolute Gasteiger partial charge is 0.104 e. The van der Waals surface area contributed by atoms with Crippen LogP contribution in [0.5, 0.6) is 0 Å². The molecule has 0 spiro atoms. The summed E-state index contributed by atoms with van der Waals surface area (Å²) in [6.07, 6.45) is 2.19. The standard InChI is InChI=1S/C24H28N.ClH/c1-25(2,20-23-16-10-5-11-17-23)24(18-21-12-6-3-7-13-21)19-22-14-8-4-9-15-22;/h3-17,24H,18-20H2,1-2H3;1H/q+1;/p-1. The van der Waals surface area contributed by atoms with Gasteiger partial charge in [-0.25, -0.2) is 0 Å². The first kappa shape index (κ1) is 20.2. The molecule has 0 fully saturated rings. The Bertz CT molecular complexity index is 712. The lowest BCUT2D eigenvalue weighted by atomic mass is 9.95. The minimum atomic E-state index is 0. The third-order valence-electron chi connectivity index (χ3n) is 5.05. The topological polar surface area (TPSA) is 0 Å². The molecule has 0 N–H and O–H groups in total. The zero-order valence-electron chi connectivity index (χ0n) is 15.7. The summed E-state index contributed by atoms with van der Waals surface area (Å²) in [6, 6.07) is 33.2. The van der Waals surface area contributed by atoms with Crippen LogP contribution < -0.4 is 12.4 Å². The molecule has 0 unspecified atom stereocenters. The lowest BCUT2D eigenvalue weighted by molar-refractivity contribution is -0.927. The summed E-state index contributed by atoms with van der Waals surface area (Å²) in [4.78, 5) is 0. The molecule has 0 atom stereocenters. The van der Waals surface area contributed by atoms with E-state index in [1.54, 1.807) is 0 Å². The molecular formula is C24H28ClN. The molecule has 0 aliphatic heterocycles. The fourth-order valence-electron chi connectivity index (χ4n) is 3.52. The Balaban J connectivity index is 0.00000243. The molecule has 26 heavy (non-hydrogen) atoms. The number of likely N-dealkylation sites (N-methyl/N-ethyl adjacent to an activating group) is 1. The summed E-state index contributed by atoms with van der Waals surface area (Å²) in [5, 5.41) is 0. The minimum absolute atomic E-state index is 0. The summed E-state index contributed by atoms with van der Waals surface area (Å²) < 4.78 is 0.980. The second kappa shape index (κ2) is 9.56. The Morgan fingerprint density at radius 3 is 1.31 bits per heavy atom. The number of quaternary nitrogens is 1. The lowest BCUT2D eigenvalue weighted by Crippen LogP contribution is -3.00. The van der Waals surface area contributed by atoms with Crippen molar-refractivity contribution in [2.24, 2.45) is 0 Å². The summed E-state index contributed by atoms with van der Waals surface area (Å²) in [7, 11) is 4.73. The highest BCUT2D eigenvalue weighted by Gasteiger charge is 2.29. The molecule has 136 valence electrons. The molecule has 0 radical (unpaired) electrons. The first-order chi connectivity index (χ1) is 12.1. The summed E-state index contributed by atoms with van der Waals surface area (Å²) in [5.74, 6) is 0. The van der Waals surface area contributed by atoms with Crippen molar-refractivity contribution >= 4 is 0 Å². The van der Waals surface area contributed by atoms with Crippen LogP contribution in [-0.2, 0) is 19.4 Å².